The van der Waals surface area contributed by atoms with Crippen LogP contribution in [-0.4, -0.2) is 26.3 Å². The van der Waals surface area contributed by atoms with Gasteiger partial charge in [0.2, 0.25) is 5.76 Å². The molecule has 2 aromatic carbocycles. The highest BCUT2D eigenvalue weighted by Crippen LogP contribution is 2.29. The van der Waals surface area contributed by atoms with Gasteiger partial charge in [0.1, 0.15) is 30.3 Å². The van der Waals surface area contributed by atoms with E-state index in [-0.39, 0.29) is 19.0 Å². The third-order valence-corrected chi connectivity index (χ3v) is 3.90. The second-order valence-electron chi connectivity index (χ2n) is 5.54. The smallest absolute Gasteiger partial charge is 0.374 e. The van der Waals surface area contributed by atoms with Gasteiger partial charge in [0.15, 0.2) is 0 Å². The number of carbonyl (C=O) groups is 1. The third kappa shape index (κ3) is 3.62. The van der Waals surface area contributed by atoms with E-state index in [2.05, 4.69) is 0 Å². The van der Waals surface area contributed by atoms with Crippen molar-refractivity contribution in [1.82, 2.24) is 0 Å². The molecule has 0 bridgehead atoms. The number of esters is 1. The summed E-state index contributed by atoms with van der Waals surface area (Å²) >= 11 is 0. The molecule has 0 saturated carbocycles. The predicted molar refractivity (Wildman–Crippen MR) is 94.4 cm³/mol. The van der Waals surface area contributed by atoms with Crippen LogP contribution in [0.25, 0.3) is 11.0 Å². The Morgan fingerprint density at radius 3 is 2.54 bits per heavy atom. The number of aryl methyl sites for hydroxylation is 1. The van der Waals surface area contributed by atoms with E-state index in [9.17, 15) is 4.79 Å². The minimum Gasteiger partial charge on any atom is -0.497 e. The van der Waals surface area contributed by atoms with Gasteiger partial charge in [0.05, 0.1) is 18.7 Å². The molecule has 0 N–H and O–H groups in total. The van der Waals surface area contributed by atoms with Gasteiger partial charge in [0, 0.05) is 10.9 Å². The van der Waals surface area contributed by atoms with Crippen LogP contribution in [0, 0.1) is 18.3 Å². The van der Waals surface area contributed by atoms with E-state index >= 15 is 0 Å². The molecule has 3 rings (SSSR count). The number of methoxy groups -OCH3 is 1. The zero-order valence-corrected chi connectivity index (χ0v) is 14.4. The maximum Gasteiger partial charge on any atom is 0.374 e. The van der Waals surface area contributed by atoms with Crippen molar-refractivity contribution in [3.8, 4) is 17.6 Å². The first-order valence-electron chi connectivity index (χ1n) is 7.99. The number of ether oxygens (including phenoxy) is 3. The maximum absolute atomic E-state index is 12.2. The Hall–Kier alpha value is -3.46. The second kappa shape index (κ2) is 7.62. The fourth-order valence-corrected chi connectivity index (χ4v) is 2.51. The molecule has 3 aromatic rings. The van der Waals surface area contributed by atoms with Gasteiger partial charge in [-0.25, -0.2) is 4.79 Å². The van der Waals surface area contributed by atoms with Gasteiger partial charge < -0.3 is 18.6 Å². The number of hydrogen-bond acceptors (Lipinski definition) is 6. The summed E-state index contributed by atoms with van der Waals surface area (Å²) in [5.74, 6) is 0.928. The summed E-state index contributed by atoms with van der Waals surface area (Å²) in [5.41, 5.74) is 1.86. The van der Waals surface area contributed by atoms with Crippen molar-refractivity contribution in [2.75, 3.05) is 20.3 Å². The first-order chi connectivity index (χ1) is 12.6. The lowest BCUT2D eigenvalue weighted by Gasteiger charge is -2.06. The van der Waals surface area contributed by atoms with Crippen LogP contribution in [-0.2, 0) is 4.74 Å². The van der Waals surface area contributed by atoms with Gasteiger partial charge >= 0.3 is 5.97 Å². The van der Waals surface area contributed by atoms with Crippen LogP contribution < -0.4 is 9.47 Å². The molecule has 0 aliphatic heterocycles. The topological polar surface area (TPSA) is 81.7 Å². The summed E-state index contributed by atoms with van der Waals surface area (Å²) in [6, 6.07) is 14.1. The van der Waals surface area contributed by atoms with Crippen LogP contribution in [0.5, 0.6) is 11.5 Å². The highest BCUT2D eigenvalue weighted by atomic mass is 16.6. The number of nitriles is 1. The molecule has 0 aliphatic rings. The molecule has 0 spiro atoms. The SMILES string of the molecule is COc1ccc2oc(C(=O)OCCOc3ccc(C#N)cc3)c(C)c2c1. The molecule has 0 saturated heterocycles. The fraction of sp³-hybridized carbons (Fsp3) is 0.200. The number of hydrogen-bond donors (Lipinski definition) is 0. The third-order valence-electron chi connectivity index (χ3n) is 3.90. The molecule has 6 heteroatoms. The van der Waals surface area contributed by atoms with Gasteiger partial charge in [-0.1, -0.05) is 0 Å². The van der Waals surface area contributed by atoms with E-state index in [1.165, 1.54) is 0 Å². The largest absolute Gasteiger partial charge is 0.497 e. The molecule has 0 radical (unpaired) electrons. The van der Waals surface area contributed by atoms with Crippen LogP contribution in [0.2, 0.25) is 0 Å². The average molecular weight is 351 g/mol. The molecule has 0 atom stereocenters. The molecule has 0 amide bonds. The molecule has 26 heavy (non-hydrogen) atoms. The van der Waals surface area contributed by atoms with E-state index in [1.54, 1.807) is 50.4 Å². The van der Waals surface area contributed by atoms with Crippen LogP contribution >= 0.6 is 0 Å². The molecule has 0 aliphatic carbocycles. The van der Waals surface area contributed by atoms with Gasteiger partial charge in [0.25, 0.3) is 0 Å². The van der Waals surface area contributed by atoms with Crippen LogP contribution in [0.3, 0.4) is 0 Å². The monoisotopic (exact) mass is 351 g/mol. The zero-order valence-electron chi connectivity index (χ0n) is 14.4. The van der Waals surface area contributed by atoms with Gasteiger partial charge in [-0.05, 0) is 49.4 Å². The number of nitrogens with zero attached hydrogens (tertiary/aromatic N) is 1. The Bertz CT molecular complexity index is 966. The average Bonchev–Trinajstić information content (AvgIpc) is 3.01. The Balaban J connectivity index is 1.58. The molecule has 1 heterocycles. The summed E-state index contributed by atoms with van der Waals surface area (Å²) in [6.45, 7) is 2.08. The quantitative estimate of drug-likeness (QED) is 0.495. The maximum atomic E-state index is 12.2. The highest BCUT2D eigenvalue weighted by molar-refractivity contribution is 5.96. The molecule has 132 valence electrons. The summed E-state index contributed by atoms with van der Waals surface area (Å²) in [5, 5.41) is 9.56. The zero-order chi connectivity index (χ0) is 18.5. The molecule has 0 unspecified atom stereocenters. The van der Waals surface area contributed by atoms with E-state index in [0.29, 0.717) is 28.2 Å². The van der Waals surface area contributed by atoms with Gasteiger partial charge in [-0.2, -0.15) is 5.26 Å². The molecular formula is C20H17NO5. The normalized spacial score (nSPS) is 10.3. The lowest BCUT2D eigenvalue weighted by atomic mass is 10.1. The lowest BCUT2D eigenvalue weighted by Crippen LogP contribution is -2.12. The Labute approximate surface area is 150 Å². The standard InChI is InChI=1S/C20H17NO5/c1-13-17-11-16(23-2)7-8-18(17)26-19(13)20(22)25-10-9-24-15-5-3-14(12-21)4-6-15/h3-8,11H,9-10H2,1-2H3. The molecular weight excluding hydrogens is 334 g/mol. The number of rotatable bonds is 6. The van der Waals surface area contributed by atoms with Crippen molar-refractivity contribution in [2.45, 2.75) is 6.92 Å². The molecule has 1 aromatic heterocycles. The predicted octanol–water partition coefficient (Wildman–Crippen LogP) is 3.86. The lowest BCUT2D eigenvalue weighted by molar-refractivity contribution is 0.0416. The van der Waals surface area contributed by atoms with E-state index in [0.717, 1.165) is 5.39 Å². The minimum atomic E-state index is -0.541. The van der Waals surface area contributed by atoms with Gasteiger partial charge in [-0.3, -0.25) is 0 Å². The summed E-state index contributed by atoms with van der Waals surface area (Å²) in [7, 11) is 1.58. The fourth-order valence-electron chi connectivity index (χ4n) is 2.51. The summed E-state index contributed by atoms with van der Waals surface area (Å²) in [6.07, 6.45) is 0. The van der Waals surface area contributed by atoms with Crippen molar-refractivity contribution in [2.24, 2.45) is 0 Å². The van der Waals surface area contributed by atoms with Crippen molar-refractivity contribution >= 4 is 16.9 Å². The first kappa shape index (κ1) is 17.4. The summed E-state index contributed by atoms with van der Waals surface area (Å²) in [4.78, 5) is 12.2. The number of carbonyl (C=O) groups excluding carboxylic acids is 1. The minimum absolute atomic E-state index is 0.0820. The van der Waals surface area contributed by atoms with Crippen molar-refractivity contribution < 1.29 is 23.4 Å². The summed E-state index contributed by atoms with van der Waals surface area (Å²) < 4.78 is 21.5. The van der Waals surface area contributed by atoms with Crippen LogP contribution in [0.15, 0.2) is 46.9 Å². The number of furan rings is 1. The number of fused-ring (bicyclic) bond motifs is 1. The van der Waals surface area contributed by atoms with Crippen molar-refractivity contribution in [3.05, 3.63) is 59.4 Å². The van der Waals surface area contributed by atoms with Crippen molar-refractivity contribution in [1.29, 1.82) is 5.26 Å². The second-order valence-corrected chi connectivity index (χ2v) is 5.54. The Morgan fingerprint density at radius 2 is 1.85 bits per heavy atom. The first-order valence-corrected chi connectivity index (χ1v) is 7.99. The highest BCUT2D eigenvalue weighted by Gasteiger charge is 2.19. The van der Waals surface area contributed by atoms with E-state index in [4.69, 9.17) is 23.9 Å². The number of benzene rings is 2. The molecule has 6 nitrogen and oxygen atoms in total. The van der Waals surface area contributed by atoms with Crippen LogP contribution in [0.1, 0.15) is 21.7 Å². The van der Waals surface area contributed by atoms with E-state index in [1.807, 2.05) is 12.1 Å². The van der Waals surface area contributed by atoms with E-state index < -0.39 is 5.97 Å². The Morgan fingerprint density at radius 1 is 1.12 bits per heavy atom. The van der Waals surface area contributed by atoms with Crippen molar-refractivity contribution in [3.63, 3.8) is 0 Å². The molecule has 0 fully saturated rings. The van der Waals surface area contributed by atoms with Gasteiger partial charge in [-0.15, -0.1) is 0 Å². The Kier molecular flexibility index (Phi) is 5.09. The van der Waals surface area contributed by atoms with Crippen LogP contribution in [0.4, 0.5) is 0 Å².